The predicted octanol–water partition coefficient (Wildman–Crippen LogP) is 0.419. The maximum atomic E-state index is 11.0. The Balaban J connectivity index is 2.74. The van der Waals surface area contributed by atoms with Crippen molar-refractivity contribution in [2.24, 2.45) is 0 Å². The quantitative estimate of drug-likeness (QED) is 0.461. The highest BCUT2D eigenvalue weighted by molar-refractivity contribution is 7.86. The van der Waals surface area contributed by atoms with Crippen LogP contribution in [0.5, 0.6) is 0 Å². The van der Waals surface area contributed by atoms with Gasteiger partial charge in [0, 0.05) is 0 Å². The molecule has 0 aromatic heterocycles. The van der Waals surface area contributed by atoms with Crippen LogP contribution in [0.2, 0.25) is 0 Å². The Morgan fingerprint density at radius 2 is 1.24 bits per heavy atom. The number of hydrogen-bond donors (Lipinski definition) is 0. The summed E-state index contributed by atoms with van der Waals surface area (Å²) < 4.78 is 61.5. The first-order chi connectivity index (χ1) is 9.28. The summed E-state index contributed by atoms with van der Waals surface area (Å²) in [6.45, 7) is -0.873. The van der Waals surface area contributed by atoms with Gasteiger partial charge in [0.1, 0.15) is 12.2 Å². The van der Waals surface area contributed by atoms with Gasteiger partial charge in [0.25, 0.3) is 20.2 Å². The van der Waals surface area contributed by atoms with Crippen LogP contribution in [0.1, 0.15) is 0 Å². The summed E-state index contributed by atoms with van der Waals surface area (Å²) in [6.07, 6.45) is -1.60. The Morgan fingerprint density at radius 1 is 0.905 bits per heavy atom. The molecule has 0 saturated carbocycles. The zero-order valence-electron chi connectivity index (χ0n) is 10.9. The van der Waals surface area contributed by atoms with Gasteiger partial charge < -0.3 is 9.47 Å². The predicted molar refractivity (Wildman–Crippen MR) is 75.4 cm³/mol. The van der Waals surface area contributed by atoms with E-state index in [4.69, 9.17) is 44.3 Å². The Labute approximate surface area is 137 Å². The zero-order chi connectivity index (χ0) is 16.5. The van der Waals surface area contributed by atoms with Gasteiger partial charge in [-0.1, -0.05) is 34.8 Å². The van der Waals surface area contributed by atoms with Crippen LogP contribution in [0, 0.1) is 0 Å². The molecule has 3 atom stereocenters. The van der Waals surface area contributed by atoms with Gasteiger partial charge in [-0.3, -0.25) is 8.37 Å². The number of halogens is 3. The minimum Gasteiger partial charge on any atom is -0.340 e. The van der Waals surface area contributed by atoms with E-state index in [1.54, 1.807) is 0 Å². The van der Waals surface area contributed by atoms with Crippen LogP contribution in [0.3, 0.4) is 0 Å². The largest absolute Gasteiger partial charge is 0.340 e. The lowest BCUT2D eigenvalue weighted by Gasteiger charge is -2.18. The van der Waals surface area contributed by atoms with Gasteiger partial charge in [-0.25, -0.2) is 0 Å². The maximum Gasteiger partial charge on any atom is 0.264 e. The Hall–Kier alpha value is 0.610. The van der Waals surface area contributed by atoms with Crippen LogP contribution < -0.4 is 0 Å². The van der Waals surface area contributed by atoms with Crippen molar-refractivity contribution in [1.82, 2.24) is 0 Å². The van der Waals surface area contributed by atoms with Crippen molar-refractivity contribution < 1.29 is 34.7 Å². The van der Waals surface area contributed by atoms with E-state index in [1.165, 1.54) is 0 Å². The second-order valence-electron chi connectivity index (χ2n) is 4.20. The molecule has 0 aromatic carbocycles. The van der Waals surface area contributed by atoms with Crippen molar-refractivity contribution in [3.63, 3.8) is 0 Å². The van der Waals surface area contributed by atoms with Crippen molar-refractivity contribution in [3.8, 4) is 0 Å². The van der Waals surface area contributed by atoms with Gasteiger partial charge in [0.05, 0.1) is 25.7 Å². The van der Waals surface area contributed by atoms with E-state index in [-0.39, 0.29) is 0 Å². The van der Waals surface area contributed by atoms with Crippen LogP contribution in [-0.4, -0.2) is 64.9 Å². The molecule has 1 aliphatic heterocycles. The molecule has 1 saturated heterocycles. The molecule has 0 bridgehead atoms. The molecule has 21 heavy (non-hydrogen) atoms. The molecule has 1 rings (SSSR count). The summed E-state index contributed by atoms with van der Waals surface area (Å²) in [5.74, 6) is 0. The van der Waals surface area contributed by atoms with E-state index >= 15 is 0 Å². The van der Waals surface area contributed by atoms with Crippen molar-refractivity contribution in [1.29, 1.82) is 0 Å². The average Bonchev–Trinajstić information content (AvgIpc) is 2.64. The van der Waals surface area contributed by atoms with Gasteiger partial charge >= 0.3 is 0 Å². The van der Waals surface area contributed by atoms with E-state index in [9.17, 15) is 16.8 Å². The smallest absolute Gasteiger partial charge is 0.264 e. The number of hydrogen-bond acceptors (Lipinski definition) is 8. The van der Waals surface area contributed by atoms with Crippen LogP contribution >= 0.6 is 34.8 Å². The molecular formula is C8H13Cl3O8S2. The minimum atomic E-state index is -3.72. The van der Waals surface area contributed by atoms with E-state index in [0.717, 1.165) is 12.5 Å². The summed E-state index contributed by atoms with van der Waals surface area (Å²) in [5.41, 5.74) is 0. The Kier molecular flexibility index (Phi) is 6.57. The maximum absolute atomic E-state index is 11.0. The summed E-state index contributed by atoms with van der Waals surface area (Å²) in [5, 5.41) is 0. The Bertz CT molecular complexity index is 511. The molecule has 0 spiro atoms. The molecule has 1 aliphatic rings. The van der Waals surface area contributed by atoms with E-state index in [1.807, 2.05) is 0 Å². The summed E-state index contributed by atoms with van der Waals surface area (Å²) in [6, 6.07) is 0. The second-order valence-corrected chi connectivity index (χ2v) is 9.86. The lowest BCUT2D eigenvalue weighted by atomic mass is 10.2. The third-order valence-electron chi connectivity index (χ3n) is 2.17. The molecule has 126 valence electrons. The highest BCUT2D eigenvalue weighted by atomic mass is 35.6. The van der Waals surface area contributed by atoms with E-state index < -0.39 is 55.7 Å². The van der Waals surface area contributed by atoms with Crippen LogP contribution in [0.25, 0.3) is 0 Å². The first-order valence-corrected chi connectivity index (χ1v) is 10.1. The molecule has 1 heterocycles. The minimum absolute atomic E-state index is 0.437. The molecular weight excluding hydrogens is 395 g/mol. The van der Waals surface area contributed by atoms with Crippen LogP contribution in [-0.2, 0) is 38.1 Å². The molecule has 0 N–H and O–H groups in total. The molecule has 13 heteroatoms. The zero-order valence-corrected chi connectivity index (χ0v) is 14.8. The van der Waals surface area contributed by atoms with Crippen LogP contribution in [0.4, 0.5) is 0 Å². The summed E-state index contributed by atoms with van der Waals surface area (Å²) >= 11 is 16.8. The fraction of sp³-hybridized carbons (Fsp3) is 1.00. The van der Waals surface area contributed by atoms with E-state index in [2.05, 4.69) is 8.37 Å². The standard InChI is InChI=1S/C8H13Cl3O8S2/c1-20(12,13)16-3-5-6(4-17-21(2,14)15)19-7(18-5)8(9,10)11/h5-7H,3-4H2,1-2H3/t5-,6+,7?. The summed E-state index contributed by atoms with van der Waals surface area (Å²) in [7, 11) is -7.45. The van der Waals surface area contributed by atoms with Crippen molar-refractivity contribution in [2.45, 2.75) is 22.3 Å². The third-order valence-corrected chi connectivity index (χ3v) is 3.83. The van der Waals surface area contributed by atoms with Gasteiger partial charge in [0.2, 0.25) is 10.1 Å². The van der Waals surface area contributed by atoms with Gasteiger partial charge in [-0.05, 0) is 0 Å². The molecule has 8 nitrogen and oxygen atoms in total. The lowest BCUT2D eigenvalue weighted by Crippen LogP contribution is -2.33. The molecule has 1 fully saturated rings. The fourth-order valence-corrected chi connectivity index (χ4v) is 2.42. The van der Waals surface area contributed by atoms with Gasteiger partial charge in [0.15, 0.2) is 0 Å². The number of rotatable bonds is 6. The summed E-state index contributed by atoms with van der Waals surface area (Å²) in [4.78, 5) is 0. The first-order valence-electron chi connectivity index (χ1n) is 5.34. The van der Waals surface area contributed by atoms with Gasteiger partial charge in [-0.15, -0.1) is 0 Å². The number of alkyl halides is 3. The second kappa shape index (κ2) is 7.02. The molecule has 0 amide bonds. The molecule has 0 radical (unpaired) electrons. The van der Waals surface area contributed by atoms with Crippen LogP contribution in [0.15, 0.2) is 0 Å². The highest BCUT2D eigenvalue weighted by Crippen LogP contribution is 2.38. The van der Waals surface area contributed by atoms with Crippen molar-refractivity contribution >= 4 is 55.0 Å². The highest BCUT2D eigenvalue weighted by Gasteiger charge is 2.47. The molecule has 0 aliphatic carbocycles. The third kappa shape index (κ3) is 7.62. The number of ether oxygens (including phenoxy) is 2. The fourth-order valence-electron chi connectivity index (χ4n) is 1.35. The molecule has 1 unspecified atom stereocenters. The van der Waals surface area contributed by atoms with E-state index in [0.29, 0.717) is 0 Å². The van der Waals surface area contributed by atoms with Crippen molar-refractivity contribution in [3.05, 3.63) is 0 Å². The SMILES string of the molecule is CS(=O)(=O)OC[C@@H]1OC(C(Cl)(Cl)Cl)O[C@@H]1COS(C)(=O)=O. The monoisotopic (exact) mass is 406 g/mol. The average molecular weight is 408 g/mol. The topological polar surface area (TPSA) is 105 Å². The normalized spacial score (nSPS) is 28.0. The van der Waals surface area contributed by atoms with Gasteiger partial charge in [-0.2, -0.15) is 16.8 Å². The van der Waals surface area contributed by atoms with Crippen molar-refractivity contribution in [2.75, 3.05) is 25.7 Å². The first kappa shape index (κ1) is 19.7. The lowest BCUT2D eigenvalue weighted by molar-refractivity contribution is -0.0682. The molecule has 0 aromatic rings. The Morgan fingerprint density at radius 3 is 1.48 bits per heavy atom.